The van der Waals surface area contributed by atoms with Gasteiger partial charge >= 0.3 is 0 Å². The number of aryl methyl sites for hydroxylation is 1. The molecule has 0 radical (unpaired) electrons. The summed E-state index contributed by atoms with van der Waals surface area (Å²) in [6, 6.07) is 18.1. The van der Waals surface area contributed by atoms with E-state index in [4.69, 9.17) is 0 Å². The maximum Gasteiger partial charge on any atom is 0.106 e. The molecule has 0 saturated carbocycles. The summed E-state index contributed by atoms with van der Waals surface area (Å²) in [4.78, 5) is 0. The third kappa shape index (κ3) is 2.78. The fourth-order valence-electron chi connectivity index (χ4n) is 2.56. The first-order valence-electron chi connectivity index (χ1n) is 6.69. The van der Waals surface area contributed by atoms with Crippen LogP contribution in [0.1, 0.15) is 22.8 Å². The summed E-state index contributed by atoms with van der Waals surface area (Å²) in [6.07, 6.45) is -0.655. The number of benzene rings is 3. The summed E-state index contributed by atoms with van der Waals surface area (Å²) < 4.78 is 1.96. The number of aliphatic hydroxyl groups excluding tert-OH is 1. The van der Waals surface area contributed by atoms with Gasteiger partial charge in [0.25, 0.3) is 0 Å². The van der Waals surface area contributed by atoms with Gasteiger partial charge in [-0.2, -0.15) is 0 Å². The second kappa shape index (κ2) is 5.91. The Kier molecular flexibility index (Phi) is 4.16. The Balaban J connectivity index is 2.20. The zero-order valence-corrected chi connectivity index (χ0v) is 14.6. The molecule has 0 bridgehead atoms. The van der Waals surface area contributed by atoms with Crippen LogP contribution in [-0.2, 0) is 0 Å². The normalized spacial score (nSPS) is 12.6. The van der Waals surface area contributed by atoms with Crippen LogP contribution >= 0.6 is 31.9 Å². The van der Waals surface area contributed by atoms with Gasteiger partial charge in [0, 0.05) is 8.95 Å². The summed E-state index contributed by atoms with van der Waals surface area (Å²) >= 11 is 7.11. The average molecular weight is 406 g/mol. The minimum atomic E-state index is -0.655. The number of aliphatic hydroxyl groups is 1. The van der Waals surface area contributed by atoms with Gasteiger partial charge in [-0.1, -0.05) is 79.9 Å². The number of hydrogen-bond donors (Lipinski definition) is 1. The lowest BCUT2D eigenvalue weighted by Gasteiger charge is -2.17. The highest BCUT2D eigenvalue weighted by molar-refractivity contribution is 9.11. The Labute approximate surface area is 140 Å². The van der Waals surface area contributed by atoms with Gasteiger partial charge in [-0.25, -0.2) is 0 Å². The van der Waals surface area contributed by atoms with Crippen LogP contribution in [0.25, 0.3) is 10.8 Å². The monoisotopic (exact) mass is 404 g/mol. The van der Waals surface area contributed by atoms with Gasteiger partial charge in [0.2, 0.25) is 0 Å². The molecule has 21 heavy (non-hydrogen) atoms. The molecular formula is C18H14Br2O. The highest BCUT2D eigenvalue weighted by atomic mass is 79.9. The zero-order chi connectivity index (χ0) is 15.0. The summed E-state index contributed by atoms with van der Waals surface area (Å²) in [5, 5.41) is 13.0. The summed E-state index contributed by atoms with van der Waals surface area (Å²) in [7, 11) is 0. The van der Waals surface area contributed by atoms with Gasteiger partial charge in [-0.15, -0.1) is 0 Å². The highest BCUT2D eigenvalue weighted by Gasteiger charge is 2.17. The van der Waals surface area contributed by atoms with E-state index in [1.54, 1.807) is 0 Å². The second-order valence-electron chi connectivity index (χ2n) is 5.11. The summed E-state index contributed by atoms with van der Waals surface area (Å²) in [6.45, 7) is 2.03. The molecular weight excluding hydrogens is 392 g/mol. The van der Waals surface area contributed by atoms with Crippen molar-refractivity contribution >= 4 is 42.6 Å². The van der Waals surface area contributed by atoms with E-state index in [9.17, 15) is 5.11 Å². The molecule has 0 aliphatic carbocycles. The number of rotatable bonds is 2. The van der Waals surface area contributed by atoms with E-state index in [2.05, 4.69) is 37.9 Å². The van der Waals surface area contributed by atoms with Crippen LogP contribution in [0.3, 0.4) is 0 Å². The van der Waals surface area contributed by atoms with Crippen molar-refractivity contribution in [3.8, 4) is 0 Å². The van der Waals surface area contributed by atoms with Crippen molar-refractivity contribution in [3.63, 3.8) is 0 Å². The standard InChI is InChI=1S/C18H14Br2O/c1-11-6-8-17(20)15(10-11)18(21)14-7-9-16(19)13-5-3-2-4-12(13)14/h2-10,18,21H,1H3. The van der Waals surface area contributed by atoms with Crippen molar-refractivity contribution < 1.29 is 5.11 Å². The molecule has 3 heteroatoms. The van der Waals surface area contributed by atoms with E-state index in [-0.39, 0.29) is 0 Å². The first-order chi connectivity index (χ1) is 10.1. The molecule has 3 rings (SSSR count). The van der Waals surface area contributed by atoms with Crippen LogP contribution in [0.4, 0.5) is 0 Å². The minimum Gasteiger partial charge on any atom is -0.384 e. The Morgan fingerprint density at radius 1 is 0.810 bits per heavy atom. The molecule has 0 aromatic heterocycles. The Morgan fingerprint density at radius 2 is 1.48 bits per heavy atom. The molecule has 1 N–H and O–H groups in total. The first kappa shape index (κ1) is 14.8. The third-order valence-electron chi connectivity index (χ3n) is 3.65. The topological polar surface area (TPSA) is 20.2 Å². The van der Waals surface area contributed by atoms with Crippen LogP contribution in [0.15, 0.2) is 63.5 Å². The molecule has 0 aliphatic rings. The quantitative estimate of drug-likeness (QED) is 0.574. The maximum absolute atomic E-state index is 10.8. The smallest absolute Gasteiger partial charge is 0.106 e. The Bertz CT molecular complexity index is 811. The Morgan fingerprint density at radius 3 is 2.24 bits per heavy atom. The van der Waals surface area contributed by atoms with Gasteiger partial charge in [-0.05, 0) is 41.0 Å². The van der Waals surface area contributed by atoms with Crippen molar-refractivity contribution in [2.45, 2.75) is 13.0 Å². The summed E-state index contributed by atoms with van der Waals surface area (Å²) in [5.74, 6) is 0. The van der Waals surface area contributed by atoms with E-state index in [1.165, 1.54) is 0 Å². The van der Waals surface area contributed by atoms with Crippen molar-refractivity contribution in [2.75, 3.05) is 0 Å². The molecule has 0 saturated heterocycles. The van der Waals surface area contributed by atoms with Crippen LogP contribution in [0, 0.1) is 6.92 Å². The van der Waals surface area contributed by atoms with Crippen LogP contribution in [0.2, 0.25) is 0 Å². The molecule has 1 atom stereocenters. The molecule has 1 nitrogen and oxygen atoms in total. The fourth-order valence-corrected chi connectivity index (χ4v) is 3.51. The Hall–Kier alpha value is -1.16. The minimum absolute atomic E-state index is 0.655. The van der Waals surface area contributed by atoms with Crippen LogP contribution in [-0.4, -0.2) is 5.11 Å². The predicted molar refractivity (Wildman–Crippen MR) is 94.6 cm³/mol. The molecule has 1 unspecified atom stereocenters. The molecule has 0 spiro atoms. The molecule has 0 amide bonds. The van der Waals surface area contributed by atoms with Gasteiger partial charge in [0.15, 0.2) is 0 Å². The number of halogens is 2. The van der Waals surface area contributed by atoms with Gasteiger partial charge in [0.1, 0.15) is 6.10 Å². The van der Waals surface area contributed by atoms with E-state index in [1.807, 2.05) is 55.5 Å². The fraction of sp³-hybridized carbons (Fsp3) is 0.111. The maximum atomic E-state index is 10.8. The molecule has 0 heterocycles. The lowest BCUT2D eigenvalue weighted by atomic mass is 9.95. The van der Waals surface area contributed by atoms with Crippen molar-refractivity contribution in [2.24, 2.45) is 0 Å². The molecule has 106 valence electrons. The molecule has 3 aromatic carbocycles. The SMILES string of the molecule is Cc1ccc(Br)c(C(O)c2ccc(Br)c3ccccc23)c1. The molecule has 0 aliphatic heterocycles. The number of fused-ring (bicyclic) bond motifs is 1. The van der Waals surface area contributed by atoms with Gasteiger partial charge in [0.05, 0.1) is 0 Å². The van der Waals surface area contributed by atoms with Crippen molar-refractivity contribution in [1.82, 2.24) is 0 Å². The second-order valence-corrected chi connectivity index (χ2v) is 6.82. The average Bonchev–Trinajstić information content (AvgIpc) is 2.50. The number of hydrogen-bond acceptors (Lipinski definition) is 1. The summed E-state index contributed by atoms with van der Waals surface area (Å²) in [5.41, 5.74) is 2.94. The van der Waals surface area contributed by atoms with Gasteiger partial charge in [-0.3, -0.25) is 0 Å². The predicted octanol–water partition coefficient (Wildman–Crippen LogP) is 5.75. The van der Waals surface area contributed by atoms with E-state index < -0.39 is 6.10 Å². The van der Waals surface area contributed by atoms with Gasteiger partial charge < -0.3 is 5.11 Å². The molecule has 0 fully saturated rings. The van der Waals surface area contributed by atoms with Crippen molar-refractivity contribution in [3.05, 3.63) is 80.2 Å². The van der Waals surface area contributed by atoms with Crippen LogP contribution in [0.5, 0.6) is 0 Å². The van der Waals surface area contributed by atoms with Crippen molar-refractivity contribution in [1.29, 1.82) is 0 Å². The zero-order valence-electron chi connectivity index (χ0n) is 11.5. The van der Waals surface area contributed by atoms with E-state index >= 15 is 0 Å². The highest BCUT2D eigenvalue weighted by Crippen LogP contribution is 2.35. The van der Waals surface area contributed by atoms with E-state index in [0.717, 1.165) is 36.4 Å². The first-order valence-corrected chi connectivity index (χ1v) is 8.28. The van der Waals surface area contributed by atoms with E-state index in [0.29, 0.717) is 0 Å². The lowest BCUT2D eigenvalue weighted by molar-refractivity contribution is 0.221. The largest absolute Gasteiger partial charge is 0.384 e. The third-order valence-corrected chi connectivity index (χ3v) is 5.06. The van der Waals surface area contributed by atoms with Crippen LogP contribution < -0.4 is 0 Å². The lowest BCUT2D eigenvalue weighted by Crippen LogP contribution is -2.02. The molecule has 3 aromatic rings.